The molecule has 1 heterocycles. The van der Waals surface area contributed by atoms with Gasteiger partial charge >= 0.3 is 0 Å². The zero-order chi connectivity index (χ0) is 23.9. The summed E-state index contributed by atoms with van der Waals surface area (Å²) >= 11 is 0. The number of benzene rings is 1. The molecular weight excluding hydrogens is 410 g/mol. The molecule has 0 atom stereocenters. The Morgan fingerprint density at radius 2 is 1.97 bits per heavy atom. The molecule has 1 saturated heterocycles. The Morgan fingerprint density at radius 3 is 2.50 bits per heavy atom. The Kier molecular flexibility index (Phi) is 9.15. The fourth-order valence-electron chi connectivity index (χ4n) is 3.81. The highest BCUT2D eigenvalue weighted by molar-refractivity contribution is 5.93. The number of allylic oxidation sites excluding steroid dienone is 4. The molecule has 32 heavy (non-hydrogen) atoms. The number of hydrogen-bond acceptors (Lipinski definition) is 4. The molecule has 4 nitrogen and oxygen atoms in total. The standard InChI is InChI=1S/C26H34F2N2O2/c1-6-21(14-24(27)18(2)19(3)31)22-7-8-25(23(13-22)15-29)32-16-20-9-11-30(12-10-20)17-26(4,5)28/h7-8,13-14,20H,6,9-12,16-17H2,1-5H3/b21-14+,24-18-. The van der Waals surface area contributed by atoms with Crippen LogP contribution in [0.2, 0.25) is 0 Å². The van der Waals surface area contributed by atoms with E-state index in [0.29, 0.717) is 42.4 Å². The Morgan fingerprint density at radius 1 is 1.31 bits per heavy atom. The molecule has 0 N–H and O–H groups in total. The zero-order valence-corrected chi connectivity index (χ0v) is 19.8. The Hall–Kier alpha value is -2.52. The number of ether oxygens (including phenoxy) is 1. The van der Waals surface area contributed by atoms with Crippen LogP contribution < -0.4 is 4.74 Å². The molecule has 0 amide bonds. The van der Waals surface area contributed by atoms with Crippen molar-refractivity contribution in [3.05, 3.63) is 46.8 Å². The fourth-order valence-corrected chi connectivity index (χ4v) is 3.81. The molecule has 0 aliphatic carbocycles. The van der Waals surface area contributed by atoms with Crippen molar-refractivity contribution in [1.29, 1.82) is 5.26 Å². The molecule has 0 unspecified atom stereocenters. The number of nitrogens with zero attached hydrogens (tertiary/aromatic N) is 2. The summed E-state index contributed by atoms with van der Waals surface area (Å²) in [5, 5.41) is 9.60. The number of nitriles is 1. The molecule has 0 radical (unpaired) electrons. The summed E-state index contributed by atoms with van der Waals surface area (Å²) in [6, 6.07) is 7.43. The maximum atomic E-state index is 14.3. The number of rotatable bonds is 9. The lowest BCUT2D eigenvalue weighted by Gasteiger charge is -2.34. The number of halogens is 2. The molecule has 2 rings (SSSR count). The molecular formula is C26H34F2N2O2. The molecule has 0 aromatic heterocycles. The van der Waals surface area contributed by atoms with Crippen molar-refractivity contribution >= 4 is 11.4 Å². The van der Waals surface area contributed by atoms with E-state index in [1.807, 2.05) is 13.0 Å². The van der Waals surface area contributed by atoms with Crippen LogP contribution in [0.15, 0.2) is 35.7 Å². The number of carbonyl (C=O) groups excluding carboxylic acids is 1. The van der Waals surface area contributed by atoms with Crippen molar-refractivity contribution in [3.8, 4) is 11.8 Å². The zero-order valence-electron chi connectivity index (χ0n) is 19.8. The van der Waals surface area contributed by atoms with Crippen molar-refractivity contribution in [1.82, 2.24) is 4.90 Å². The van der Waals surface area contributed by atoms with Crippen molar-refractivity contribution in [2.45, 2.75) is 59.5 Å². The van der Waals surface area contributed by atoms with Crippen LogP contribution in [-0.4, -0.2) is 42.6 Å². The first-order valence-electron chi connectivity index (χ1n) is 11.2. The van der Waals surface area contributed by atoms with Crippen LogP contribution in [0.25, 0.3) is 5.57 Å². The first-order chi connectivity index (χ1) is 15.0. The first kappa shape index (κ1) is 25.7. The van der Waals surface area contributed by atoms with Crippen molar-refractivity contribution in [3.63, 3.8) is 0 Å². The Balaban J connectivity index is 2.06. The van der Waals surface area contributed by atoms with Gasteiger partial charge in [-0.2, -0.15) is 5.26 Å². The predicted octanol–water partition coefficient (Wildman–Crippen LogP) is 6.02. The van der Waals surface area contributed by atoms with E-state index in [1.54, 1.807) is 26.0 Å². The van der Waals surface area contributed by atoms with Crippen molar-refractivity contribution < 1.29 is 18.3 Å². The maximum absolute atomic E-state index is 14.3. The summed E-state index contributed by atoms with van der Waals surface area (Å²) in [7, 11) is 0. The van der Waals surface area contributed by atoms with Crippen LogP contribution in [-0.2, 0) is 4.79 Å². The van der Waals surface area contributed by atoms with Gasteiger partial charge < -0.3 is 9.64 Å². The maximum Gasteiger partial charge on any atom is 0.158 e. The van der Waals surface area contributed by atoms with Crippen LogP contribution >= 0.6 is 0 Å². The van der Waals surface area contributed by atoms with Crippen LogP contribution in [0, 0.1) is 17.2 Å². The average molecular weight is 445 g/mol. The Bertz CT molecular complexity index is 915. The largest absolute Gasteiger partial charge is 0.492 e. The monoisotopic (exact) mass is 444 g/mol. The van der Waals surface area contributed by atoms with Crippen LogP contribution in [0.4, 0.5) is 8.78 Å². The topological polar surface area (TPSA) is 53.3 Å². The molecule has 1 aliphatic rings. The van der Waals surface area contributed by atoms with Crippen molar-refractivity contribution in [2.75, 3.05) is 26.2 Å². The summed E-state index contributed by atoms with van der Waals surface area (Å²) in [6.07, 6.45) is 3.78. The number of Topliss-reactive ketones (excluding diaryl/α,β-unsaturated/α-hetero) is 1. The summed E-state index contributed by atoms with van der Waals surface area (Å²) < 4.78 is 34.1. The lowest BCUT2D eigenvalue weighted by molar-refractivity contribution is -0.113. The predicted molar refractivity (Wildman–Crippen MR) is 124 cm³/mol. The number of alkyl halides is 1. The number of hydrogen-bond donors (Lipinski definition) is 0. The minimum absolute atomic E-state index is 0.0811. The number of likely N-dealkylation sites (tertiary alicyclic amines) is 1. The SMILES string of the molecule is CC/C(=C\C(F)=C(/C)C(C)=O)c1ccc(OCC2CCN(CC(C)(C)F)CC2)c(C#N)c1. The van der Waals surface area contributed by atoms with E-state index in [-0.39, 0.29) is 11.4 Å². The quantitative estimate of drug-likeness (QED) is 0.345. The Labute approximate surface area is 190 Å². The summed E-state index contributed by atoms with van der Waals surface area (Å²) in [5.74, 6) is 0.000569. The van der Waals surface area contributed by atoms with Gasteiger partial charge in [-0.1, -0.05) is 13.0 Å². The molecule has 0 spiro atoms. The van der Waals surface area contributed by atoms with Gasteiger partial charge in [0.2, 0.25) is 0 Å². The number of piperidine rings is 1. The van der Waals surface area contributed by atoms with Crippen LogP contribution in [0.1, 0.15) is 65.0 Å². The van der Waals surface area contributed by atoms with Gasteiger partial charge in [-0.15, -0.1) is 0 Å². The van der Waals surface area contributed by atoms with Gasteiger partial charge in [0.25, 0.3) is 0 Å². The van der Waals surface area contributed by atoms with Crippen LogP contribution in [0.3, 0.4) is 0 Å². The normalized spacial score (nSPS) is 17.0. The van der Waals surface area contributed by atoms with Gasteiger partial charge in [0.15, 0.2) is 5.78 Å². The highest BCUT2D eigenvalue weighted by Crippen LogP contribution is 2.28. The molecule has 6 heteroatoms. The first-order valence-corrected chi connectivity index (χ1v) is 11.2. The number of carbonyl (C=O) groups is 1. The van der Waals surface area contributed by atoms with E-state index in [0.717, 1.165) is 31.5 Å². The van der Waals surface area contributed by atoms with E-state index >= 15 is 0 Å². The van der Waals surface area contributed by atoms with Gasteiger partial charge in [0.05, 0.1) is 12.2 Å². The van der Waals surface area contributed by atoms with Gasteiger partial charge in [0, 0.05) is 12.1 Å². The van der Waals surface area contributed by atoms with E-state index in [1.165, 1.54) is 19.9 Å². The van der Waals surface area contributed by atoms with Gasteiger partial charge in [-0.3, -0.25) is 4.79 Å². The fraction of sp³-hybridized carbons (Fsp3) is 0.538. The molecule has 0 bridgehead atoms. The molecule has 1 aromatic carbocycles. The third-order valence-corrected chi connectivity index (χ3v) is 5.82. The molecule has 0 saturated carbocycles. The minimum atomic E-state index is -1.19. The van der Waals surface area contributed by atoms with Gasteiger partial charge in [0.1, 0.15) is 23.3 Å². The second-order valence-electron chi connectivity index (χ2n) is 9.12. The molecule has 1 aromatic rings. The van der Waals surface area contributed by atoms with E-state index in [2.05, 4.69) is 11.0 Å². The summed E-state index contributed by atoms with van der Waals surface area (Å²) in [6.45, 7) is 10.5. The molecule has 174 valence electrons. The second-order valence-corrected chi connectivity index (χ2v) is 9.12. The van der Waals surface area contributed by atoms with Crippen molar-refractivity contribution in [2.24, 2.45) is 5.92 Å². The van der Waals surface area contributed by atoms with Crippen LogP contribution in [0.5, 0.6) is 5.75 Å². The highest BCUT2D eigenvalue weighted by atomic mass is 19.1. The van der Waals surface area contributed by atoms with Gasteiger partial charge in [-0.05, 0) is 95.3 Å². The lowest BCUT2D eigenvalue weighted by atomic mass is 9.96. The lowest BCUT2D eigenvalue weighted by Crippen LogP contribution is -2.41. The van der Waals surface area contributed by atoms with Gasteiger partial charge in [-0.25, -0.2) is 8.78 Å². The smallest absolute Gasteiger partial charge is 0.158 e. The van der Waals surface area contributed by atoms with E-state index in [4.69, 9.17) is 4.74 Å². The molecule has 1 aliphatic heterocycles. The van der Waals surface area contributed by atoms with E-state index < -0.39 is 11.5 Å². The van der Waals surface area contributed by atoms with E-state index in [9.17, 15) is 18.8 Å². The summed E-state index contributed by atoms with van der Waals surface area (Å²) in [5.41, 5.74) is 0.713. The third-order valence-electron chi connectivity index (χ3n) is 5.82. The summed E-state index contributed by atoms with van der Waals surface area (Å²) in [4.78, 5) is 13.6. The third kappa shape index (κ3) is 7.56. The minimum Gasteiger partial charge on any atom is -0.492 e. The molecule has 1 fully saturated rings. The second kappa shape index (κ2) is 11.4. The highest BCUT2D eigenvalue weighted by Gasteiger charge is 2.25. The average Bonchev–Trinajstić information content (AvgIpc) is 2.75. The number of ketones is 1.